The summed E-state index contributed by atoms with van der Waals surface area (Å²) in [6.07, 6.45) is 3.29. The third kappa shape index (κ3) is 4.41. The van der Waals surface area contributed by atoms with E-state index in [2.05, 4.69) is 10.3 Å². The van der Waals surface area contributed by atoms with Gasteiger partial charge in [0.15, 0.2) is 0 Å². The summed E-state index contributed by atoms with van der Waals surface area (Å²) in [4.78, 5) is 16.4. The lowest BCUT2D eigenvalue weighted by Gasteiger charge is -2.10. The van der Waals surface area contributed by atoms with Crippen molar-refractivity contribution in [2.75, 3.05) is 5.32 Å². The van der Waals surface area contributed by atoms with E-state index in [4.69, 9.17) is 4.42 Å². The highest BCUT2D eigenvalue weighted by atomic mass is 19.1. The molecule has 3 aromatic carbocycles. The van der Waals surface area contributed by atoms with E-state index >= 15 is 0 Å². The van der Waals surface area contributed by atoms with Crippen molar-refractivity contribution in [2.24, 2.45) is 0 Å². The minimum Gasteiger partial charge on any atom is -0.445 e. The van der Waals surface area contributed by atoms with Crippen LogP contribution >= 0.6 is 0 Å². The van der Waals surface area contributed by atoms with Crippen LogP contribution in [0.15, 0.2) is 83.6 Å². The summed E-state index contributed by atoms with van der Waals surface area (Å²) >= 11 is 0. The molecule has 0 bridgehead atoms. The number of rotatable bonds is 5. The van der Waals surface area contributed by atoms with Crippen LogP contribution in [0.3, 0.4) is 0 Å². The van der Waals surface area contributed by atoms with Gasteiger partial charge in [-0.1, -0.05) is 30.3 Å². The summed E-state index contributed by atoms with van der Waals surface area (Å²) in [6, 6.07) is 19.7. The van der Waals surface area contributed by atoms with Gasteiger partial charge in [0.2, 0.25) is 11.8 Å². The topological polar surface area (TPSA) is 55.1 Å². The maximum absolute atomic E-state index is 13.3. The Morgan fingerprint density at radius 1 is 1.03 bits per heavy atom. The molecule has 0 radical (unpaired) electrons. The van der Waals surface area contributed by atoms with Crippen molar-refractivity contribution >= 4 is 11.6 Å². The molecule has 0 spiro atoms. The van der Waals surface area contributed by atoms with E-state index in [-0.39, 0.29) is 18.1 Å². The third-order valence-corrected chi connectivity index (χ3v) is 4.65. The van der Waals surface area contributed by atoms with Gasteiger partial charge in [0.05, 0.1) is 12.6 Å². The molecular weight excluding hydrogens is 367 g/mol. The standard InChI is InChI=1S/C24H19FN2O2/c1-16-5-6-19(24-26-11-12-29-24)15-22(16)18-7-9-21(10-8-18)27-23(28)14-17-3-2-4-20(25)13-17/h2-13,15H,14H2,1H3,(H,27,28). The Balaban J connectivity index is 1.49. The number of aryl methyl sites for hydroxylation is 1. The van der Waals surface area contributed by atoms with Crippen molar-refractivity contribution in [1.82, 2.24) is 4.98 Å². The number of amides is 1. The number of carbonyl (C=O) groups excluding carboxylic acids is 1. The maximum atomic E-state index is 13.3. The largest absolute Gasteiger partial charge is 0.445 e. The minimum absolute atomic E-state index is 0.122. The molecule has 1 heterocycles. The quantitative estimate of drug-likeness (QED) is 0.483. The number of benzene rings is 3. The van der Waals surface area contributed by atoms with Crippen LogP contribution in [0.5, 0.6) is 0 Å². The van der Waals surface area contributed by atoms with Crippen molar-refractivity contribution < 1.29 is 13.6 Å². The van der Waals surface area contributed by atoms with Crippen molar-refractivity contribution in [1.29, 1.82) is 0 Å². The Morgan fingerprint density at radius 3 is 2.55 bits per heavy atom. The molecule has 1 amide bonds. The first kappa shape index (κ1) is 18.6. The normalized spacial score (nSPS) is 10.7. The molecule has 5 heteroatoms. The number of aromatic nitrogens is 1. The molecule has 0 saturated heterocycles. The zero-order valence-corrected chi connectivity index (χ0v) is 15.9. The fourth-order valence-electron chi connectivity index (χ4n) is 3.20. The molecule has 29 heavy (non-hydrogen) atoms. The van der Waals surface area contributed by atoms with Gasteiger partial charge in [-0.05, 0) is 65.6 Å². The van der Waals surface area contributed by atoms with E-state index in [9.17, 15) is 9.18 Å². The zero-order valence-electron chi connectivity index (χ0n) is 15.9. The summed E-state index contributed by atoms with van der Waals surface area (Å²) in [5.74, 6) is 0.0416. The number of carbonyl (C=O) groups is 1. The second kappa shape index (κ2) is 8.10. The Labute approximate surface area is 168 Å². The van der Waals surface area contributed by atoms with Gasteiger partial charge in [0.1, 0.15) is 12.1 Å². The first-order valence-corrected chi connectivity index (χ1v) is 9.24. The Morgan fingerprint density at radius 2 is 1.83 bits per heavy atom. The highest BCUT2D eigenvalue weighted by Gasteiger charge is 2.09. The zero-order chi connectivity index (χ0) is 20.2. The van der Waals surface area contributed by atoms with Gasteiger partial charge in [-0.3, -0.25) is 4.79 Å². The Kier molecular flexibility index (Phi) is 5.20. The molecule has 4 rings (SSSR count). The lowest BCUT2D eigenvalue weighted by Crippen LogP contribution is -2.14. The first-order chi connectivity index (χ1) is 14.1. The number of halogens is 1. The van der Waals surface area contributed by atoms with Gasteiger partial charge < -0.3 is 9.73 Å². The molecule has 1 N–H and O–H groups in total. The van der Waals surface area contributed by atoms with E-state index in [1.54, 1.807) is 24.6 Å². The molecular formula is C24H19FN2O2. The van der Waals surface area contributed by atoms with Gasteiger partial charge in [-0.25, -0.2) is 9.37 Å². The molecule has 0 fully saturated rings. The van der Waals surface area contributed by atoms with Crippen molar-refractivity contribution in [3.8, 4) is 22.6 Å². The van der Waals surface area contributed by atoms with E-state index in [0.717, 1.165) is 22.3 Å². The van der Waals surface area contributed by atoms with Crippen molar-refractivity contribution in [3.63, 3.8) is 0 Å². The van der Waals surface area contributed by atoms with Crippen LogP contribution in [-0.2, 0) is 11.2 Å². The van der Waals surface area contributed by atoms with Crippen LogP contribution < -0.4 is 5.32 Å². The second-order valence-corrected chi connectivity index (χ2v) is 6.80. The number of nitrogens with one attached hydrogen (secondary N) is 1. The number of anilines is 1. The highest BCUT2D eigenvalue weighted by molar-refractivity contribution is 5.92. The average molecular weight is 386 g/mol. The molecule has 4 aromatic rings. The van der Waals surface area contributed by atoms with Gasteiger partial charge in [0.25, 0.3) is 0 Å². The van der Waals surface area contributed by atoms with Crippen LogP contribution in [0.25, 0.3) is 22.6 Å². The summed E-state index contributed by atoms with van der Waals surface area (Å²) in [6.45, 7) is 2.04. The van der Waals surface area contributed by atoms with Crippen LogP contribution in [0.1, 0.15) is 11.1 Å². The molecule has 4 nitrogen and oxygen atoms in total. The second-order valence-electron chi connectivity index (χ2n) is 6.80. The first-order valence-electron chi connectivity index (χ1n) is 9.24. The fraction of sp³-hybridized carbons (Fsp3) is 0.0833. The fourth-order valence-corrected chi connectivity index (χ4v) is 3.20. The molecule has 1 aromatic heterocycles. The van der Waals surface area contributed by atoms with Crippen LogP contribution in [-0.4, -0.2) is 10.9 Å². The smallest absolute Gasteiger partial charge is 0.228 e. The Hall–Kier alpha value is -3.73. The predicted octanol–water partition coefficient (Wildman–Crippen LogP) is 5.64. The molecule has 0 atom stereocenters. The average Bonchev–Trinajstić information content (AvgIpc) is 3.24. The minimum atomic E-state index is -0.345. The molecule has 0 saturated carbocycles. The van der Waals surface area contributed by atoms with E-state index in [0.29, 0.717) is 17.1 Å². The van der Waals surface area contributed by atoms with Gasteiger partial charge in [-0.15, -0.1) is 0 Å². The van der Waals surface area contributed by atoms with E-state index in [1.807, 2.05) is 49.4 Å². The van der Waals surface area contributed by atoms with Gasteiger partial charge in [0, 0.05) is 11.3 Å². The molecule has 0 aliphatic heterocycles. The summed E-state index contributed by atoms with van der Waals surface area (Å²) < 4.78 is 18.6. The van der Waals surface area contributed by atoms with Gasteiger partial charge >= 0.3 is 0 Å². The summed E-state index contributed by atoms with van der Waals surface area (Å²) in [7, 11) is 0. The maximum Gasteiger partial charge on any atom is 0.228 e. The van der Waals surface area contributed by atoms with E-state index < -0.39 is 0 Å². The highest BCUT2D eigenvalue weighted by Crippen LogP contribution is 2.29. The number of nitrogens with zero attached hydrogens (tertiary/aromatic N) is 1. The molecule has 144 valence electrons. The van der Waals surface area contributed by atoms with Crippen molar-refractivity contribution in [3.05, 3.63) is 96.1 Å². The summed E-state index contributed by atoms with van der Waals surface area (Å²) in [5.41, 5.74) is 5.46. The number of hydrogen-bond acceptors (Lipinski definition) is 3. The molecule has 0 aliphatic carbocycles. The monoisotopic (exact) mass is 386 g/mol. The number of oxazole rings is 1. The number of hydrogen-bond donors (Lipinski definition) is 1. The van der Waals surface area contributed by atoms with Crippen LogP contribution in [0.4, 0.5) is 10.1 Å². The third-order valence-electron chi connectivity index (χ3n) is 4.65. The lowest BCUT2D eigenvalue weighted by atomic mass is 9.98. The SMILES string of the molecule is Cc1ccc(-c2ncco2)cc1-c1ccc(NC(=O)Cc2cccc(F)c2)cc1. The van der Waals surface area contributed by atoms with Crippen LogP contribution in [0.2, 0.25) is 0 Å². The molecule has 0 unspecified atom stereocenters. The van der Waals surface area contributed by atoms with Crippen molar-refractivity contribution in [2.45, 2.75) is 13.3 Å². The lowest BCUT2D eigenvalue weighted by molar-refractivity contribution is -0.115. The Bertz CT molecular complexity index is 1140. The van der Waals surface area contributed by atoms with Gasteiger partial charge in [-0.2, -0.15) is 0 Å². The van der Waals surface area contributed by atoms with E-state index in [1.165, 1.54) is 12.1 Å². The molecule has 0 aliphatic rings. The van der Waals surface area contributed by atoms with Crippen LogP contribution in [0, 0.1) is 12.7 Å². The predicted molar refractivity (Wildman–Crippen MR) is 111 cm³/mol. The summed E-state index contributed by atoms with van der Waals surface area (Å²) in [5, 5.41) is 2.85.